The van der Waals surface area contributed by atoms with Crippen LogP contribution in [-0.4, -0.2) is 47.8 Å². The molecule has 2 aliphatic rings. The monoisotopic (exact) mass is 360 g/mol. The number of piperidine rings is 1. The van der Waals surface area contributed by atoms with Gasteiger partial charge in [0.25, 0.3) is 0 Å². The average molecular weight is 361 g/mol. The molecule has 2 aliphatic heterocycles. The Labute approximate surface area is 155 Å². The standard InChI is InChI=1S/C18H28N6S/c1-3-8-19-18(25)22-17-20-15(23-9-4-5-10-23)12-16(21-17)24-11-6-7-14(2)13-24/h3,12,14H,1,4-11,13H2,2H3,(H2,19,20,21,22,25)/t14-/m1/s1. The molecule has 7 heteroatoms. The molecule has 3 rings (SSSR count). The van der Waals surface area contributed by atoms with Gasteiger partial charge in [-0.25, -0.2) is 0 Å². The Kier molecular flexibility index (Phi) is 6.07. The van der Waals surface area contributed by atoms with Crippen LogP contribution in [0.15, 0.2) is 18.7 Å². The van der Waals surface area contributed by atoms with Gasteiger partial charge in [-0.05, 0) is 43.8 Å². The van der Waals surface area contributed by atoms with E-state index in [-0.39, 0.29) is 0 Å². The van der Waals surface area contributed by atoms with Crippen molar-refractivity contribution in [3.63, 3.8) is 0 Å². The van der Waals surface area contributed by atoms with Gasteiger partial charge in [-0.1, -0.05) is 13.0 Å². The predicted octanol–water partition coefficient (Wildman–Crippen LogP) is 2.79. The molecule has 25 heavy (non-hydrogen) atoms. The Balaban J connectivity index is 1.82. The Hall–Kier alpha value is -1.89. The number of aromatic nitrogens is 2. The van der Waals surface area contributed by atoms with Gasteiger partial charge in [0.1, 0.15) is 11.6 Å². The van der Waals surface area contributed by atoms with Crippen LogP contribution in [0.2, 0.25) is 0 Å². The Morgan fingerprint density at radius 1 is 1.24 bits per heavy atom. The zero-order valence-electron chi connectivity index (χ0n) is 15.0. The third kappa shape index (κ3) is 4.81. The van der Waals surface area contributed by atoms with E-state index in [9.17, 15) is 0 Å². The van der Waals surface area contributed by atoms with E-state index in [1.54, 1.807) is 6.08 Å². The Morgan fingerprint density at radius 2 is 1.92 bits per heavy atom. The molecule has 1 aromatic rings. The smallest absolute Gasteiger partial charge is 0.232 e. The van der Waals surface area contributed by atoms with Gasteiger partial charge in [-0.15, -0.1) is 6.58 Å². The van der Waals surface area contributed by atoms with Crippen molar-refractivity contribution in [2.75, 3.05) is 47.8 Å². The molecule has 1 aromatic heterocycles. The number of hydrogen-bond acceptors (Lipinski definition) is 5. The average Bonchev–Trinajstić information content (AvgIpc) is 3.14. The molecule has 0 radical (unpaired) electrons. The van der Waals surface area contributed by atoms with E-state index in [1.165, 1.54) is 25.7 Å². The molecule has 1 atom stereocenters. The summed E-state index contributed by atoms with van der Waals surface area (Å²) in [6.45, 7) is 10.8. The van der Waals surface area contributed by atoms with Crippen LogP contribution in [0.4, 0.5) is 17.6 Å². The Bertz CT molecular complexity index is 614. The maximum Gasteiger partial charge on any atom is 0.232 e. The second kappa shape index (κ2) is 8.47. The van der Waals surface area contributed by atoms with E-state index < -0.39 is 0 Å². The first-order valence-electron chi connectivity index (χ1n) is 9.20. The predicted molar refractivity (Wildman–Crippen MR) is 109 cm³/mol. The number of nitrogens with zero attached hydrogens (tertiary/aromatic N) is 4. The van der Waals surface area contributed by atoms with Gasteiger partial charge in [0, 0.05) is 38.8 Å². The summed E-state index contributed by atoms with van der Waals surface area (Å²) in [7, 11) is 0. The van der Waals surface area contributed by atoms with Crippen LogP contribution in [0.5, 0.6) is 0 Å². The highest BCUT2D eigenvalue weighted by atomic mass is 32.1. The molecule has 6 nitrogen and oxygen atoms in total. The molecule has 0 unspecified atom stereocenters. The third-order valence-electron chi connectivity index (χ3n) is 4.74. The molecule has 0 amide bonds. The maximum atomic E-state index is 5.32. The molecular formula is C18H28N6S. The summed E-state index contributed by atoms with van der Waals surface area (Å²) >= 11 is 5.32. The van der Waals surface area contributed by atoms with Crippen molar-refractivity contribution in [2.24, 2.45) is 5.92 Å². The first-order chi connectivity index (χ1) is 12.2. The fourth-order valence-electron chi connectivity index (χ4n) is 3.46. The molecule has 0 aliphatic carbocycles. The van der Waals surface area contributed by atoms with Crippen LogP contribution >= 0.6 is 12.2 Å². The summed E-state index contributed by atoms with van der Waals surface area (Å²) in [4.78, 5) is 14.1. The number of anilines is 3. The van der Waals surface area contributed by atoms with Crippen molar-refractivity contribution in [1.29, 1.82) is 0 Å². The summed E-state index contributed by atoms with van der Waals surface area (Å²) in [6, 6.07) is 2.13. The van der Waals surface area contributed by atoms with Crippen LogP contribution in [0.25, 0.3) is 0 Å². The summed E-state index contributed by atoms with van der Waals surface area (Å²) in [6.07, 6.45) is 6.73. The minimum atomic E-state index is 0.524. The fraction of sp³-hybridized carbons (Fsp3) is 0.611. The Morgan fingerprint density at radius 3 is 2.60 bits per heavy atom. The van der Waals surface area contributed by atoms with E-state index in [4.69, 9.17) is 22.2 Å². The third-order valence-corrected chi connectivity index (χ3v) is 4.99. The van der Waals surface area contributed by atoms with Gasteiger partial charge in [-0.2, -0.15) is 9.97 Å². The van der Waals surface area contributed by atoms with Crippen LogP contribution in [0.3, 0.4) is 0 Å². The molecule has 0 bridgehead atoms. The molecule has 2 saturated heterocycles. The second-order valence-corrected chi connectivity index (χ2v) is 7.33. The minimum Gasteiger partial charge on any atom is -0.359 e. The highest BCUT2D eigenvalue weighted by Crippen LogP contribution is 2.27. The topological polar surface area (TPSA) is 56.3 Å². The highest BCUT2D eigenvalue weighted by molar-refractivity contribution is 7.80. The zero-order chi connectivity index (χ0) is 17.6. The maximum absolute atomic E-state index is 5.32. The first kappa shape index (κ1) is 17.9. The summed E-state index contributed by atoms with van der Waals surface area (Å²) in [5.74, 6) is 3.26. The second-order valence-electron chi connectivity index (χ2n) is 6.92. The molecule has 136 valence electrons. The fourth-order valence-corrected chi connectivity index (χ4v) is 3.63. The molecule has 3 heterocycles. The van der Waals surface area contributed by atoms with Gasteiger partial charge in [0.05, 0.1) is 0 Å². The van der Waals surface area contributed by atoms with Gasteiger partial charge in [-0.3, -0.25) is 0 Å². The van der Waals surface area contributed by atoms with E-state index >= 15 is 0 Å². The van der Waals surface area contributed by atoms with E-state index in [0.717, 1.165) is 37.8 Å². The normalized spacial score (nSPS) is 20.4. The van der Waals surface area contributed by atoms with Gasteiger partial charge in [0.15, 0.2) is 5.11 Å². The van der Waals surface area contributed by atoms with E-state index in [0.29, 0.717) is 23.5 Å². The van der Waals surface area contributed by atoms with Gasteiger partial charge >= 0.3 is 0 Å². The lowest BCUT2D eigenvalue weighted by Gasteiger charge is -2.32. The number of rotatable bonds is 5. The molecule has 0 spiro atoms. The molecular weight excluding hydrogens is 332 g/mol. The SMILES string of the molecule is C=CCNC(=S)Nc1nc(N2CCCC2)cc(N2CCC[C@@H](C)C2)n1. The van der Waals surface area contributed by atoms with Crippen molar-refractivity contribution in [2.45, 2.75) is 32.6 Å². The van der Waals surface area contributed by atoms with Crippen molar-refractivity contribution >= 4 is 34.9 Å². The molecule has 2 N–H and O–H groups in total. The van der Waals surface area contributed by atoms with Crippen LogP contribution < -0.4 is 20.4 Å². The summed E-state index contributed by atoms with van der Waals surface area (Å²) < 4.78 is 0. The van der Waals surface area contributed by atoms with E-state index in [1.807, 2.05) is 0 Å². The molecule has 2 fully saturated rings. The van der Waals surface area contributed by atoms with Crippen LogP contribution in [0.1, 0.15) is 32.6 Å². The van der Waals surface area contributed by atoms with E-state index in [2.05, 4.69) is 40.0 Å². The summed E-state index contributed by atoms with van der Waals surface area (Å²) in [5.41, 5.74) is 0. The van der Waals surface area contributed by atoms with Crippen molar-refractivity contribution in [3.8, 4) is 0 Å². The van der Waals surface area contributed by atoms with Crippen molar-refractivity contribution in [1.82, 2.24) is 15.3 Å². The summed E-state index contributed by atoms with van der Waals surface area (Å²) in [5, 5.41) is 6.72. The lowest BCUT2D eigenvalue weighted by Crippen LogP contribution is -2.35. The largest absolute Gasteiger partial charge is 0.359 e. The quantitative estimate of drug-likeness (QED) is 0.618. The molecule has 0 saturated carbocycles. The van der Waals surface area contributed by atoms with Gasteiger partial charge < -0.3 is 20.4 Å². The number of thiocarbonyl (C=S) groups is 1. The minimum absolute atomic E-state index is 0.524. The van der Waals surface area contributed by atoms with Gasteiger partial charge in [0.2, 0.25) is 5.95 Å². The molecule has 0 aromatic carbocycles. The number of hydrogen-bond donors (Lipinski definition) is 2. The highest BCUT2D eigenvalue weighted by Gasteiger charge is 2.21. The lowest BCUT2D eigenvalue weighted by atomic mass is 10.0. The van der Waals surface area contributed by atoms with Crippen molar-refractivity contribution < 1.29 is 0 Å². The van der Waals surface area contributed by atoms with Crippen LogP contribution in [0, 0.1) is 5.92 Å². The van der Waals surface area contributed by atoms with Crippen molar-refractivity contribution in [3.05, 3.63) is 18.7 Å². The van der Waals surface area contributed by atoms with Crippen LogP contribution in [-0.2, 0) is 0 Å². The number of nitrogens with one attached hydrogen (secondary N) is 2. The first-order valence-corrected chi connectivity index (χ1v) is 9.61. The lowest BCUT2D eigenvalue weighted by molar-refractivity contribution is 0.444. The zero-order valence-corrected chi connectivity index (χ0v) is 15.8.